The molecule has 0 aromatic heterocycles. The van der Waals surface area contributed by atoms with Crippen molar-refractivity contribution in [2.24, 2.45) is 0 Å². The lowest BCUT2D eigenvalue weighted by atomic mass is 9.79. The molecule has 0 spiro atoms. The molecule has 2 saturated carbocycles. The molecule has 0 saturated heterocycles. The van der Waals surface area contributed by atoms with Crippen molar-refractivity contribution in [3.8, 4) is 6.07 Å². The number of hydrogen-bond acceptors (Lipinski definition) is 3. The first-order valence-corrected chi connectivity index (χ1v) is 10.5. The smallest absolute Gasteiger partial charge is 0.282 e. The third-order valence-corrected chi connectivity index (χ3v) is 6.61. The lowest BCUT2D eigenvalue weighted by Gasteiger charge is -2.28. The maximum Gasteiger partial charge on any atom is 0.295 e. The SMILES string of the molecule is N#Cc1cc(C2CCCCC2)c(S(=O)(=O)O)c(C2CCCCC2)c1. The van der Waals surface area contributed by atoms with Crippen molar-refractivity contribution >= 4 is 10.1 Å². The van der Waals surface area contributed by atoms with E-state index >= 15 is 0 Å². The number of rotatable bonds is 3. The Kier molecular flexibility index (Phi) is 5.27. The lowest BCUT2D eigenvalue weighted by molar-refractivity contribution is 0.419. The van der Waals surface area contributed by atoms with E-state index in [4.69, 9.17) is 0 Å². The molecule has 0 unspecified atom stereocenters. The van der Waals surface area contributed by atoms with Gasteiger partial charge < -0.3 is 0 Å². The Labute approximate surface area is 144 Å². The topological polar surface area (TPSA) is 78.2 Å². The zero-order chi connectivity index (χ0) is 17.2. The van der Waals surface area contributed by atoms with Crippen LogP contribution < -0.4 is 0 Å². The summed E-state index contributed by atoms with van der Waals surface area (Å²) in [6, 6.07) is 5.59. The molecule has 2 fully saturated rings. The summed E-state index contributed by atoms with van der Waals surface area (Å²) in [6.45, 7) is 0. The van der Waals surface area contributed by atoms with Crippen LogP contribution in [0.4, 0.5) is 0 Å². The monoisotopic (exact) mass is 347 g/mol. The molecule has 0 radical (unpaired) electrons. The van der Waals surface area contributed by atoms with Crippen LogP contribution in [-0.4, -0.2) is 13.0 Å². The van der Waals surface area contributed by atoms with Gasteiger partial charge in [-0.2, -0.15) is 13.7 Å². The Balaban J connectivity index is 2.17. The van der Waals surface area contributed by atoms with Crippen LogP contribution in [-0.2, 0) is 10.1 Å². The second-order valence-corrected chi connectivity index (χ2v) is 8.60. The van der Waals surface area contributed by atoms with E-state index in [1.54, 1.807) is 12.1 Å². The zero-order valence-electron chi connectivity index (χ0n) is 14.0. The number of nitriles is 1. The van der Waals surface area contributed by atoms with Crippen molar-refractivity contribution < 1.29 is 13.0 Å². The van der Waals surface area contributed by atoms with Gasteiger partial charge in [-0.25, -0.2) is 0 Å². The van der Waals surface area contributed by atoms with E-state index in [2.05, 4.69) is 6.07 Å². The van der Waals surface area contributed by atoms with Crippen molar-refractivity contribution in [2.45, 2.75) is 80.9 Å². The molecule has 5 heteroatoms. The van der Waals surface area contributed by atoms with Crippen LogP contribution in [0.5, 0.6) is 0 Å². The molecular weight excluding hydrogens is 322 g/mol. The van der Waals surface area contributed by atoms with Gasteiger partial charge in [0.05, 0.1) is 11.6 Å². The highest BCUT2D eigenvalue weighted by molar-refractivity contribution is 7.86. The molecule has 0 amide bonds. The normalized spacial score (nSPS) is 20.7. The second-order valence-electron chi connectivity index (χ2n) is 7.24. The van der Waals surface area contributed by atoms with Crippen LogP contribution in [0.1, 0.15) is 92.7 Å². The maximum absolute atomic E-state index is 12.2. The number of benzene rings is 1. The number of nitrogens with zero attached hydrogens (tertiary/aromatic N) is 1. The van der Waals surface area contributed by atoms with Gasteiger partial charge in [-0.05, 0) is 60.8 Å². The molecule has 1 N–H and O–H groups in total. The molecule has 2 aliphatic carbocycles. The Morgan fingerprint density at radius 3 is 1.62 bits per heavy atom. The quantitative estimate of drug-likeness (QED) is 0.789. The van der Waals surface area contributed by atoms with Crippen LogP contribution in [0.2, 0.25) is 0 Å². The van der Waals surface area contributed by atoms with E-state index in [1.165, 1.54) is 12.8 Å². The molecule has 130 valence electrons. The van der Waals surface area contributed by atoms with Gasteiger partial charge in [0.25, 0.3) is 10.1 Å². The van der Waals surface area contributed by atoms with E-state index in [1.807, 2.05) is 0 Å². The minimum absolute atomic E-state index is 0.111. The molecule has 24 heavy (non-hydrogen) atoms. The maximum atomic E-state index is 12.2. The molecule has 0 heterocycles. The first-order valence-electron chi connectivity index (χ1n) is 9.06. The van der Waals surface area contributed by atoms with Gasteiger partial charge in [0.15, 0.2) is 0 Å². The number of hydrogen-bond donors (Lipinski definition) is 1. The minimum Gasteiger partial charge on any atom is -0.282 e. The predicted molar refractivity (Wildman–Crippen MR) is 92.6 cm³/mol. The first-order chi connectivity index (χ1) is 11.5. The third-order valence-electron chi connectivity index (χ3n) is 5.62. The summed E-state index contributed by atoms with van der Waals surface area (Å²) < 4.78 is 34.4. The van der Waals surface area contributed by atoms with E-state index in [-0.39, 0.29) is 16.7 Å². The Morgan fingerprint density at radius 2 is 1.29 bits per heavy atom. The summed E-state index contributed by atoms with van der Waals surface area (Å²) >= 11 is 0. The molecular formula is C19H25NO3S. The third kappa shape index (κ3) is 3.65. The summed E-state index contributed by atoms with van der Waals surface area (Å²) in [5.41, 5.74) is 1.87. The molecule has 0 bridgehead atoms. The van der Waals surface area contributed by atoms with Gasteiger partial charge in [0.2, 0.25) is 0 Å². The zero-order valence-corrected chi connectivity index (χ0v) is 14.8. The fourth-order valence-corrected chi connectivity index (χ4v) is 5.52. The van der Waals surface area contributed by atoms with E-state index in [0.717, 1.165) is 51.4 Å². The van der Waals surface area contributed by atoms with Gasteiger partial charge in [0, 0.05) is 0 Å². The lowest BCUT2D eigenvalue weighted by Crippen LogP contribution is -2.16. The summed E-state index contributed by atoms with van der Waals surface area (Å²) in [4.78, 5) is 0.111. The van der Waals surface area contributed by atoms with Crippen LogP contribution in [0.3, 0.4) is 0 Å². The summed E-state index contributed by atoms with van der Waals surface area (Å²) in [5.74, 6) is 0.262. The molecule has 1 aromatic carbocycles. The molecule has 0 aliphatic heterocycles. The van der Waals surface area contributed by atoms with Crippen molar-refractivity contribution in [2.75, 3.05) is 0 Å². The summed E-state index contributed by atoms with van der Waals surface area (Å²) in [6.07, 6.45) is 10.4. The van der Waals surface area contributed by atoms with Crippen LogP contribution in [0.25, 0.3) is 0 Å². The average molecular weight is 347 g/mol. The fourth-order valence-electron chi connectivity index (χ4n) is 4.47. The van der Waals surface area contributed by atoms with Gasteiger partial charge in [-0.3, -0.25) is 4.55 Å². The Bertz CT molecular complexity index is 697. The van der Waals surface area contributed by atoms with Gasteiger partial charge in [0.1, 0.15) is 4.90 Å². The highest BCUT2D eigenvalue weighted by Crippen LogP contribution is 2.42. The van der Waals surface area contributed by atoms with Crippen molar-refractivity contribution in [3.05, 3.63) is 28.8 Å². The second kappa shape index (κ2) is 7.25. The Morgan fingerprint density at radius 1 is 0.875 bits per heavy atom. The van der Waals surface area contributed by atoms with Crippen molar-refractivity contribution in [1.29, 1.82) is 5.26 Å². The van der Waals surface area contributed by atoms with Gasteiger partial charge in [-0.1, -0.05) is 38.5 Å². The summed E-state index contributed by atoms with van der Waals surface area (Å²) in [7, 11) is -4.30. The van der Waals surface area contributed by atoms with E-state index in [9.17, 15) is 18.2 Å². The van der Waals surface area contributed by atoms with Gasteiger partial charge in [-0.15, -0.1) is 0 Å². The minimum atomic E-state index is -4.30. The van der Waals surface area contributed by atoms with E-state index < -0.39 is 10.1 Å². The Hall–Kier alpha value is -1.38. The molecule has 3 rings (SSSR count). The van der Waals surface area contributed by atoms with E-state index in [0.29, 0.717) is 16.7 Å². The van der Waals surface area contributed by atoms with Crippen molar-refractivity contribution in [1.82, 2.24) is 0 Å². The van der Waals surface area contributed by atoms with Crippen LogP contribution >= 0.6 is 0 Å². The highest BCUT2D eigenvalue weighted by atomic mass is 32.2. The molecule has 4 nitrogen and oxygen atoms in total. The fraction of sp³-hybridized carbons (Fsp3) is 0.632. The average Bonchev–Trinajstić information content (AvgIpc) is 2.61. The first kappa shape index (κ1) is 17.4. The largest absolute Gasteiger partial charge is 0.295 e. The summed E-state index contributed by atoms with van der Waals surface area (Å²) in [5, 5.41) is 9.41. The predicted octanol–water partition coefficient (Wildman–Crippen LogP) is 4.90. The molecule has 2 aliphatic rings. The van der Waals surface area contributed by atoms with Crippen LogP contribution in [0.15, 0.2) is 17.0 Å². The standard InChI is InChI=1S/C19H25NO3S/c20-13-14-11-17(15-7-3-1-4-8-15)19(24(21,22)23)18(12-14)16-9-5-2-6-10-16/h11-12,15-16H,1-10H2,(H,21,22,23). The molecule has 0 atom stereocenters. The van der Waals surface area contributed by atoms with Crippen molar-refractivity contribution in [3.63, 3.8) is 0 Å². The molecule has 1 aromatic rings. The highest BCUT2D eigenvalue weighted by Gasteiger charge is 2.31. The van der Waals surface area contributed by atoms with Gasteiger partial charge >= 0.3 is 0 Å². The van der Waals surface area contributed by atoms with Crippen LogP contribution in [0, 0.1) is 11.3 Å².